The third-order valence-electron chi connectivity index (χ3n) is 4.21. The van der Waals surface area contributed by atoms with Crippen molar-refractivity contribution in [1.29, 1.82) is 0 Å². The summed E-state index contributed by atoms with van der Waals surface area (Å²) in [5.74, 6) is 1.70. The molecule has 0 aliphatic carbocycles. The summed E-state index contributed by atoms with van der Waals surface area (Å²) < 4.78 is 21.5. The highest BCUT2D eigenvalue weighted by Crippen LogP contribution is 2.33. The van der Waals surface area contributed by atoms with E-state index in [9.17, 15) is 0 Å². The van der Waals surface area contributed by atoms with Crippen molar-refractivity contribution >= 4 is 10.9 Å². The van der Waals surface area contributed by atoms with E-state index in [4.69, 9.17) is 18.9 Å². The molecule has 5 heteroatoms. The lowest BCUT2D eigenvalue weighted by atomic mass is 10.3. The van der Waals surface area contributed by atoms with E-state index >= 15 is 0 Å². The molecule has 3 rings (SSSR count). The quantitative estimate of drug-likeness (QED) is 0.334. The van der Waals surface area contributed by atoms with Crippen molar-refractivity contribution in [3.8, 4) is 11.5 Å². The van der Waals surface area contributed by atoms with Gasteiger partial charge in [-0.25, -0.2) is 0 Å². The third-order valence-corrected chi connectivity index (χ3v) is 6.44. The molecule has 3 aromatic rings. The molecule has 0 saturated heterocycles. The number of methoxy groups -OCH3 is 2. The van der Waals surface area contributed by atoms with Gasteiger partial charge in [0.1, 0.15) is 24.7 Å². The summed E-state index contributed by atoms with van der Waals surface area (Å²) in [5, 5.41) is 0. The van der Waals surface area contributed by atoms with Crippen molar-refractivity contribution in [3.05, 3.63) is 78.9 Å². The van der Waals surface area contributed by atoms with Crippen molar-refractivity contribution in [2.45, 2.75) is 14.7 Å². The Hall–Kier alpha value is -2.47. The second kappa shape index (κ2) is 11.5. The third kappa shape index (κ3) is 6.26. The largest absolute Gasteiger partial charge is 0.491 e. The normalized spacial score (nSPS) is 10.9. The average Bonchev–Trinajstić information content (AvgIpc) is 2.77. The standard InChI is InChI=1S/C24H27O4S/c1-25-16-18-27-20-8-12-23(13-9-20)29(22-6-4-3-5-7-22)24-14-10-21(11-15-24)28-19-17-26-2/h3-15H,16-19H2,1-2H3/q+1. The van der Waals surface area contributed by atoms with Gasteiger partial charge in [0.25, 0.3) is 0 Å². The summed E-state index contributed by atoms with van der Waals surface area (Å²) in [6, 6.07) is 27.2. The van der Waals surface area contributed by atoms with E-state index in [1.54, 1.807) is 14.2 Å². The zero-order valence-electron chi connectivity index (χ0n) is 16.9. The molecule has 152 valence electrons. The molecule has 0 amide bonds. The van der Waals surface area contributed by atoms with Gasteiger partial charge in [0.15, 0.2) is 14.7 Å². The summed E-state index contributed by atoms with van der Waals surface area (Å²) in [6.45, 7) is 2.25. The van der Waals surface area contributed by atoms with Crippen LogP contribution in [0.4, 0.5) is 0 Å². The van der Waals surface area contributed by atoms with Gasteiger partial charge in [0.2, 0.25) is 0 Å². The van der Waals surface area contributed by atoms with E-state index in [-0.39, 0.29) is 10.9 Å². The first-order valence-corrected chi connectivity index (χ1v) is 10.8. The Labute approximate surface area is 175 Å². The molecule has 29 heavy (non-hydrogen) atoms. The van der Waals surface area contributed by atoms with E-state index in [0.29, 0.717) is 26.4 Å². The minimum atomic E-state index is -0.206. The molecule has 0 radical (unpaired) electrons. The number of hydrogen-bond donors (Lipinski definition) is 0. The molecule has 0 spiro atoms. The van der Waals surface area contributed by atoms with Crippen LogP contribution in [-0.2, 0) is 20.4 Å². The van der Waals surface area contributed by atoms with E-state index in [1.807, 2.05) is 30.3 Å². The van der Waals surface area contributed by atoms with Gasteiger partial charge in [-0.1, -0.05) is 18.2 Å². The van der Waals surface area contributed by atoms with Gasteiger partial charge >= 0.3 is 0 Å². The van der Waals surface area contributed by atoms with Crippen molar-refractivity contribution in [3.63, 3.8) is 0 Å². The second-order valence-electron chi connectivity index (χ2n) is 6.24. The molecule has 0 atom stereocenters. The SMILES string of the molecule is COCCOc1ccc([S+](c2ccccc2)c2ccc(OCCOC)cc2)cc1. The minimum Gasteiger partial charge on any atom is -0.491 e. The predicted octanol–water partition coefficient (Wildman–Crippen LogP) is 4.83. The fourth-order valence-corrected chi connectivity index (χ4v) is 4.86. The van der Waals surface area contributed by atoms with Crippen LogP contribution in [0.25, 0.3) is 0 Å². The molecule has 0 unspecified atom stereocenters. The Morgan fingerprint density at radius 3 is 1.34 bits per heavy atom. The zero-order valence-corrected chi connectivity index (χ0v) is 17.7. The molecule has 0 bridgehead atoms. The molecule has 0 aromatic heterocycles. The lowest BCUT2D eigenvalue weighted by molar-refractivity contribution is 0.146. The van der Waals surface area contributed by atoms with Crippen LogP contribution >= 0.6 is 0 Å². The zero-order chi connectivity index (χ0) is 20.3. The molecule has 0 N–H and O–H groups in total. The number of rotatable bonds is 11. The maximum atomic E-state index is 5.71. The Morgan fingerprint density at radius 2 is 0.931 bits per heavy atom. The maximum Gasteiger partial charge on any atom is 0.166 e. The first kappa shape index (κ1) is 21.2. The van der Waals surface area contributed by atoms with Gasteiger partial charge in [-0.05, 0) is 60.7 Å². The summed E-state index contributed by atoms with van der Waals surface area (Å²) in [6.07, 6.45) is 0. The summed E-state index contributed by atoms with van der Waals surface area (Å²) >= 11 is 0. The van der Waals surface area contributed by atoms with E-state index < -0.39 is 0 Å². The van der Waals surface area contributed by atoms with Crippen LogP contribution in [-0.4, -0.2) is 40.6 Å². The van der Waals surface area contributed by atoms with Crippen molar-refractivity contribution < 1.29 is 18.9 Å². The molecule has 0 aliphatic heterocycles. The molecule has 0 heterocycles. The second-order valence-corrected chi connectivity index (χ2v) is 8.27. The fourth-order valence-electron chi connectivity index (χ4n) is 2.79. The van der Waals surface area contributed by atoms with Crippen LogP contribution in [0.15, 0.2) is 93.5 Å². The molecular formula is C24H27O4S+. The number of hydrogen-bond acceptors (Lipinski definition) is 4. The molecule has 4 nitrogen and oxygen atoms in total. The van der Waals surface area contributed by atoms with Crippen molar-refractivity contribution in [2.75, 3.05) is 40.6 Å². The molecule has 0 aliphatic rings. The van der Waals surface area contributed by atoms with Crippen LogP contribution < -0.4 is 9.47 Å². The van der Waals surface area contributed by atoms with E-state index in [1.165, 1.54) is 14.7 Å². The van der Waals surface area contributed by atoms with Crippen molar-refractivity contribution in [1.82, 2.24) is 0 Å². The number of ether oxygens (including phenoxy) is 4. The first-order chi connectivity index (χ1) is 14.3. The van der Waals surface area contributed by atoms with Gasteiger partial charge in [0.05, 0.1) is 24.1 Å². The van der Waals surface area contributed by atoms with Crippen molar-refractivity contribution in [2.24, 2.45) is 0 Å². The molecule has 0 saturated carbocycles. The lowest BCUT2D eigenvalue weighted by Crippen LogP contribution is -2.07. The Balaban J connectivity index is 1.82. The number of benzene rings is 3. The lowest BCUT2D eigenvalue weighted by Gasteiger charge is -2.10. The van der Waals surface area contributed by atoms with Gasteiger partial charge in [0, 0.05) is 14.2 Å². The van der Waals surface area contributed by atoms with Crippen LogP contribution in [0.1, 0.15) is 0 Å². The maximum absolute atomic E-state index is 5.71. The van der Waals surface area contributed by atoms with Gasteiger partial charge in [-0.2, -0.15) is 0 Å². The van der Waals surface area contributed by atoms with Crippen LogP contribution in [0.5, 0.6) is 11.5 Å². The highest BCUT2D eigenvalue weighted by atomic mass is 32.2. The molecule has 3 aromatic carbocycles. The van der Waals surface area contributed by atoms with Gasteiger partial charge in [-0.3, -0.25) is 0 Å². The average molecular weight is 412 g/mol. The van der Waals surface area contributed by atoms with E-state index in [0.717, 1.165) is 11.5 Å². The first-order valence-electron chi connectivity index (χ1n) is 9.55. The fraction of sp³-hybridized carbons (Fsp3) is 0.250. The minimum absolute atomic E-state index is 0.206. The van der Waals surface area contributed by atoms with Gasteiger partial charge in [-0.15, -0.1) is 0 Å². The highest BCUT2D eigenvalue weighted by molar-refractivity contribution is 7.97. The van der Waals surface area contributed by atoms with Crippen LogP contribution in [0.3, 0.4) is 0 Å². The predicted molar refractivity (Wildman–Crippen MR) is 116 cm³/mol. The van der Waals surface area contributed by atoms with E-state index in [2.05, 4.69) is 48.5 Å². The summed E-state index contributed by atoms with van der Waals surface area (Å²) in [7, 11) is 3.14. The Bertz CT molecular complexity index is 782. The Morgan fingerprint density at radius 1 is 0.517 bits per heavy atom. The molecule has 0 fully saturated rings. The Kier molecular flexibility index (Phi) is 8.43. The highest BCUT2D eigenvalue weighted by Gasteiger charge is 2.28. The van der Waals surface area contributed by atoms with Crippen LogP contribution in [0.2, 0.25) is 0 Å². The van der Waals surface area contributed by atoms with Gasteiger partial charge < -0.3 is 18.9 Å². The summed E-state index contributed by atoms with van der Waals surface area (Å²) in [4.78, 5) is 3.75. The smallest absolute Gasteiger partial charge is 0.166 e. The molecular weight excluding hydrogens is 384 g/mol. The monoisotopic (exact) mass is 411 g/mol. The topological polar surface area (TPSA) is 36.9 Å². The van der Waals surface area contributed by atoms with Crippen LogP contribution in [0, 0.1) is 0 Å². The summed E-state index contributed by atoms with van der Waals surface area (Å²) in [5.41, 5.74) is 0.